The van der Waals surface area contributed by atoms with E-state index in [1.165, 1.54) is 6.07 Å². The number of nitrogens with zero attached hydrogens (tertiary/aromatic N) is 2. The van der Waals surface area contributed by atoms with Crippen LogP contribution in [-0.4, -0.2) is 0 Å². The molecule has 0 saturated heterocycles. The van der Waals surface area contributed by atoms with E-state index in [1.54, 1.807) is 12.1 Å². The van der Waals surface area contributed by atoms with Gasteiger partial charge in [-0.2, -0.15) is 10.5 Å². The molecule has 0 radical (unpaired) electrons. The average Bonchev–Trinajstić information content (AvgIpc) is 3.26. The van der Waals surface area contributed by atoms with Crippen LogP contribution in [0.2, 0.25) is 0 Å². The van der Waals surface area contributed by atoms with E-state index < -0.39 is 20.4 Å². The van der Waals surface area contributed by atoms with Crippen molar-refractivity contribution in [2.75, 3.05) is 0 Å². The van der Waals surface area contributed by atoms with Gasteiger partial charge in [0.05, 0.1) is 23.3 Å². The molecule has 1 aliphatic rings. The van der Waals surface area contributed by atoms with Crippen molar-refractivity contribution in [2.24, 2.45) is 0 Å². The first-order valence-electron chi connectivity index (χ1n) is 13.2. The summed E-state index contributed by atoms with van der Waals surface area (Å²) in [6, 6.07) is 39.7. The van der Waals surface area contributed by atoms with Crippen molar-refractivity contribution < 1.29 is 9.13 Å². The molecule has 0 aromatic heterocycles. The molecule has 5 aromatic carbocycles. The van der Waals surface area contributed by atoms with Gasteiger partial charge in [-0.25, -0.2) is 0 Å². The molecular weight excluding hydrogens is 542 g/mol. The normalized spacial score (nSPS) is 14.6. The van der Waals surface area contributed by atoms with Gasteiger partial charge >= 0.3 is 7.80 Å². The fourth-order valence-electron chi connectivity index (χ4n) is 5.76. The highest BCUT2D eigenvalue weighted by Crippen LogP contribution is 2.51. The summed E-state index contributed by atoms with van der Waals surface area (Å²) in [5, 5.41) is 22.6. The highest BCUT2D eigenvalue weighted by Gasteiger charge is 2.40. The fourth-order valence-corrected chi connectivity index (χ4v) is 9.68. The van der Waals surface area contributed by atoms with E-state index in [2.05, 4.69) is 26.0 Å². The van der Waals surface area contributed by atoms with E-state index in [9.17, 15) is 15.1 Å². The van der Waals surface area contributed by atoms with Crippen molar-refractivity contribution in [1.82, 2.24) is 0 Å². The van der Waals surface area contributed by atoms with E-state index in [0.717, 1.165) is 32.9 Å². The van der Waals surface area contributed by atoms with Gasteiger partial charge in [0.2, 0.25) is 0 Å². The van der Waals surface area contributed by atoms with Gasteiger partial charge in [-0.3, -0.25) is 0 Å². The second kappa shape index (κ2) is 10.1. The predicted octanol–water partition coefficient (Wildman–Crippen LogP) is 6.15. The van der Waals surface area contributed by atoms with Crippen molar-refractivity contribution in [2.45, 2.75) is 19.3 Å². The molecule has 6 heteroatoms. The zero-order valence-corrected chi connectivity index (χ0v) is 24.4. The van der Waals surface area contributed by atoms with Gasteiger partial charge < -0.3 is 4.57 Å². The lowest BCUT2D eigenvalue weighted by Gasteiger charge is -2.25. The van der Waals surface area contributed by atoms with Gasteiger partial charge in [0.25, 0.3) is 0 Å². The molecule has 41 heavy (non-hydrogen) atoms. The molecule has 5 aromatic rings. The SMILES string of the molecule is CC1(C)c2cc([P+](=O)c3ccccc3)ccc2-c2ccc(P(=O)(c3ccccc3)c3cc(C#N)cc(C#N)c3)cc21. The van der Waals surface area contributed by atoms with Crippen LogP contribution in [0.1, 0.15) is 36.1 Å². The maximum Gasteiger partial charge on any atom is 0.415 e. The summed E-state index contributed by atoms with van der Waals surface area (Å²) in [4.78, 5) is 0. The molecule has 0 bridgehead atoms. The Labute approximate surface area is 240 Å². The largest absolute Gasteiger partial charge is 0.415 e. The van der Waals surface area contributed by atoms with Gasteiger partial charge in [-0.05, 0) is 76.9 Å². The summed E-state index contributed by atoms with van der Waals surface area (Å²) in [6.07, 6.45) is 0. The van der Waals surface area contributed by atoms with Gasteiger partial charge in [0, 0.05) is 21.3 Å². The first-order chi connectivity index (χ1) is 19.8. The molecule has 1 aliphatic carbocycles. The number of nitriles is 2. The fraction of sp³-hybridized carbons (Fsp3) is 0.0857. The van der Waals surface area contributed by atoms with Crippen LogP contribution in [0.5, 0.6) is 0 Å². The summed E-state index contributed by atoms with van der Waals surface area (Å²) in [5.74, 6) is 0. The Hall–Kier alpha value is -4.59. The van der Waals surface area contributed by atoms with E-state index in [-0.39, 0.29) is 0 Å². The van der Waals surface area contributed by atoms with E-state index >= 15 is 4.57 Å². The molecule has 2 atom stereocenters. The number of fused-ring (bicyclic) bond motifs is 3. The van der Waals surface area contributed by atoms with Crippen molar-refractivity contribution in [3.63, 3.8) is 0 Å². The third-order valence-electron chi connectivity index (χ3n) is 7.89. The van der Waals surface area contributed by atoms with Crippen molar-refractivity contribution in [3.8, 4) is 23.3 Å². The monoisotopic (exact) mass is 567 g/mol. The summed E-state index contributed by atoms with van der Waals surface area (Å²) in [6.45, 7) is 4.27. The summed E-state index contributed by atoms with van der Waals surface area (Å²) < 4.78 is 28.7. The van der Waals surface area contributed by atoms with E-state index in [4.69, 9.17) is 0 Å². The summed E-state index contributed by atoms with van der Waals surface area (Å²) in [7, 11) is -5.19. The quantitative estimate of drug-likeness (QED) is 0.239. The average molecular weight is 568 g/mol. The van der Waals surface area contributed by atoms with Gasteiger partial charge in [-0.15, -0.1) is 0 Å². The first kappa shape index (κ1) is 26.6. The Bertz CT molecular complexity index is 1950. The standard InChI is InChI=1S/C35H25N2O2P2/c1-35(2)33-20-27(40(38)26-9-5-3-6-10-26)13-15-31(33)32-16-14-29(21-34(32)35)41(39,28-11-7-4-8-12-28)30-18-24(22-36)17-25(19-30)23-37/h3-21H,1-2H3/q+1. The molecular formula is C35H25N2O2P2+. The molecule has 0 spiro atoms. The molecule has 6 rings (SSSR count). The van der Waals surface area contributed by atoms with E-state index in [1.807, 2.05) is 97.1 Å². The summed E-state index contributed by atoms with van der Waals surface area (Å²) >= 11 is 0. The minimum absolute atomic E-state index is 0.296. The van der Waals surface area contributed by atoms with Crippen LogP contribution >= 0.6 is 14.9 Å². The van der Waals surface area contributed by atoms with Crippen LogP contribution in [0.15, 0.2) is 115 Å². The minimum Gasteiger partial charge on any atom is -0.309 e. The molecule has 0 amide bonds. The maximum atomic E-state index is 15.3. The lowest BCUT2D eigenvalue weighted by atomic mass is 9.82. The van der Waals surface area contributed by atoms with Crippen molar-refractivity contribution in [1.29, 1.82) is 10.5 Å². The lowest BCUT2D eigenvalue weighted by Crippen LogP contribution is -2.27. The molecule has 2 unspecified atom stereocenters. The molecule has 0 N–H and O–H groups in total. The summed E-state index contributed by atoms with van der Waals surface area (Å²) in [5.41, 5.74) is 4.40. The van der Waals surface area contributed by atoms with Crippen LogP contribution in [0.3, 0.4) is 0 Å². The van der Waals surface area contributed by atoms with Gasteiger partial charge in [0.1, 0.15) is 0 Å². The Morgan fingerprint density at radius 3 is 1.78 bits per heavy atom. The Balaban J connectivity index is 1.52. The third-order valence-corrected chi connectivity index (χ3v) is 12.4. The highest BCUT2D eigenvalue weighted by atomic mass is 31.2. The smallest absolute Gasteiger partial charge is 0.309 e. The van der Waals surface area contributed by atoms with Gasteiger partial charge in [0.15, 0.2) is 17.8 Å². The van der Waals surface area contributed by atoms with Crippen LogP contribution in [0.25, 0.3) is 11.1 Å². The number of hydrogen-bond acceptors (Lipinski definition) is 4. The van der Waals surface area contributed by atoms with Crippen LogP contribution in [0, 0.1) is 22.7 Å². The molecule has 0 heterocycles. The zero-order valence-electron chi connectivity index (χ0n) is 22.6. The van der Waals surface area contributed by atoms with Gasteiger partial charge in [-0.1, -0.05) is 79.1 Å². The number of benzene rings is 5. The van der Waals surface area contributed by atoms with Crippen LogP contribution in [0.4, 0.5) is 0 Å². The molecule has 0 aliphatic heterocycles. The second-order valence-electron chi connectivity index (χ2n) is 10.7. The molecule has 196 valence electrons. The molecule has 0 saturated carbocycles. The Kier molecular flexibility index (Phi) is 6.56. The van der Waals surface area contributed by atoms with Crippen LogP contribution in [-0.2, 0) is 14.5 Å². The number of rotatable bonds is 5. The topological polar surface area (TPSA) is 81.7 Å². The Morgan fingerprint density at radius 1 is 0.610 bits per heavy atom. The number of hydrogen-bond donors (Lipinski definition) is 0. The maximum absolute atomic E-state index is 15.3. The Morgan fingerprint density at radius 2 is 1.17 bits per heavy atom. The lowest BCUT2D eigenvalue weighted by molar-refractivity contribution is 0.592. The predicted molar refractivity (Wildman–Crippen MR) is 166 cm³/mol. The molecule has 0 fully saturated rings. The third kappa shape index (κ3) is 4.34. The van der Waals surface area contributed by atoms with Crippen molar-refractivity contribution in [3.05, 3.63) is 138 Å². The van der Waals surface area contributed by atoms with Crippen molar-refractivity contribution >= 4 is 41.5 Å². The zero-order chi connectivity index (χ0) is 28.8. The van der Waals surface area contributed by atoms with Crippen LogP contribution < -0.4 is 26.5 Å². The highest BCUT2D eigenvalue weighted by molar-refractivity contribution is 7.85. The molecule has 4 nitrogen and oxygen atoms in total. The minimum atomic E-state index is -3.45. The second-order valence-corrected chi connectivity index (χ2v) is 15.0. The first-order valence-corrected chi connectivity index (χ1v) is 16.2. The van der Waals surface area contributed by atoms with E-state index in [0.29, 0.717) is 27.0 Å².